The van der Waals surface area contributed by atoms with Gasteiger partial charge < -0.3 is 4.57 Å². The summed E-state index contributed by atoms with van der Waals surface area (Å²) in [6.07, 6.45) is 6.16. The molecule has 0 amide bonds. The highest BCUT2D eigenvalue weighted by molar-refractivity contribution is 6.42. The number of benzene rings is 2. The maximum Gasteiger partial charge on any atom is 0.119 e. The fourth-order valence-electron chi connectivity index (χ4n) is 4.37. The van der Waals surface area contributed by atoms with Crippen molar-refractivity contribution in [3.8, 4) is 11.4 Å². The lowest BCUT2D eigenvalue weighted by Crippen LogP contribution is -2.08. The zero-order valence-corrected chi connectivity index (χ0v) is 19.4. The summed E-state index contributed by atoms with van der Waals surface area (Å²) in [4.78, 5) is 18.5. The van der Waals surface area contributed by atoms with Crippen LogP contribution in [0.25, 0.3) is 22.4 Å². The molecule has 5 aromatic rings. The minimum Gasteiger partial charge on any atom is -0.301 e. The number of aryl methyl sites for hydroxylation is 2. The van der Waals surface area contributed by atoms with E-state index in [-0.39, 0.29) is 0 Å². The maximum atomic E-state index is 6.33. The van der Waals surface area contributed by atoms with Crippen LogP contribution < -0.4 is 0 Å². The van der Waals surface area contributed by atoms with Crippen molar-refractivity contribution in [2.75, 3.05) is 0 Å². The van der Waals surface area contributed by atoms with Crippen molar-refractivity contribution < 1.29 is 0 Å². The summed E-state index contributed by atoms with van der Waals surface area (Å²) in [6.45, 7) is 3.98. The van der Waals surface area contributed by atoms with Gasteiger partial charge in [0.15, 0.2) is 0 Å². The predicted molar refractivity (Wildman–Crippen MR) is 132 cm³/mol. The third kappa shape index (κ3) is 3.34. The van der Waals surface area contributed by atoms with Crippen molar-refractivity contribution in [3.63, 3.8) is 0 Å². The van der Waals surface area contributed by atoms with Gasteiger partial charge in [-0.1, -0.05) is 35.3 Å². The Kier molecular flexibility index (Phi) is 4.60. The molecular formula is C25H18Cl2N6. The van der Waals surface area contributed by atoms with Gasteiger partial charge in [-0.2, -0.15) is 0 Å². The van der Waals surface area contributed by atoms with Gasteiger partial charge in [0, 0.05) is 24.5 Å². The van der Waals surface area contributed by atoms with Crippen LogP contribution in [0.15, 0.2) is 66.0 Å². The van der Waals surface area contributed by atoms with Gasteiger partial charge in [-0.3, -0.25) is 14.5 Å². The number of pyridine rings is 1. The molecule has 6 rings (SSSR count). The Labute approximate surface area is 200 Å². The molecule has 0 aliphatic carbocycles. The Balaban J connectivity index is 1.46. The summed E-state index contributed by atoms with van der Waals surface area (Å²) >= 11 is 12.6. The Bertz CT molecular complexity index is 1580. The van der Waals surface area contributed by atoms with Crippen molar-refractivity contribution >= 4 is 45.6 Å². The lowest BCUT2D eigenvalue weighted by Gasteiger charge is -2.09. The molecule has 0 saturated heterocycles. The quantitative estimate of drug-likeness (QED) is 0.306. The SMILES string of the molecule is Cc1cn2c(n1)CC(c1ccc(-n3c(C)nc4cnccc43)cc1)=Nc1cc(Cl)c(Cl)cc1-2. The highest BCUT2D eigenvalue weighted by Gasteiger charge is 2.21. The number of hydrogen-bond acceptors (Lipinski definition) is 4. The summed E-state index contributed by atoms with van der Waals surface area (Å²) in [5.41, 5.74) is 7.46. The Morgan fingerprint density at radius 2 is 1.73 bits per heavy atom. The molecule has 0 N–H and O–H groups in total. The number of rotatable bonds is 2. The van der Waals surface area contributed by atoms with E-state index in [4.69, 9.17) is 33.2 Å². The topological polar surface area (TPSA) is 60.9 Å². The van der Waals surface area contributed by atoms with Gasteiger partial charge >= 0.3 is 0 Å². The van der Waals surface area contributed by atoms with Crippen molar-refractivity contribution in [1.29, 1.82) is 0 Å². The summed E-state index contributed by atoms with van der Waals surface area (Å²) in [7, 11) is 0. The molecule has 1 aliphatic rings. The summed E-state index contributed by atoms with van der Waals surface area (Å²) < 4.78 is 4.18. The smallest absolute Gasteiger partial charge is 0.119 e. The van der Waals surface area contributed by atoms with Crippen LogP contribution in [0.1, 0.15) is 22.9 Å². The number of imidazole rings is 2. The van der Waals surface area contributed by atoms with E-state index in [1.807, 2.05) is 42.8 Å². The van der Waals surface area contributed by atoms with Gasteiger partial charge in [-0.05, 0) is 49.7 Å². The van der Waals surface area contributed by atoms with Crippen molar-refractivity contribution in [3.05, 3.63) is 94.0 Å². The minimum absolute atomic E-state index is 0.478. The van der Waals surface area contributed by atoms with Crippen LogP contribution in [0.4, 0.5) is 5.69 Å². The van der Waals surface area contributed by atoms with Gasteiger partial charge in [0.25, 0.3) is 0 Å². The minimum atomic E-state index is 0.478. The van der Waals surface area contributed by atoms with E-state index >= 15 is 0 Å². The second-order valence-corrected chi connectivity index (χ2v) is 8.88. The van der Waals surface area contributed by atoms with Gasteiger partial charge in [-0.25, -0.2) is 9.97 Å². The fraction of sp³-hybridized carbons (Fsp3) is 0.120. The molecule has 2 aromatic carbocycles. The van der Waals surface area contributed by atoms with Crippen LogP contribution in [-0.2, 0) is 6.42 Å². The zero-order valence-electron chi connectivity index (χ0n) is 17.9. The molecule has 4 heterocycles. The monoisotopic (exact) mass is 472 g/mol. The lowest BCUT2D eigenvalue weighted by atomic mass is 10.1. The normalized spacial score (nSPS) is 12.9. The van der Waals surface area contributed by atoms with Crippen molar-refractivity contribution in [2.45, 2.75) is 20.3 Å². The molecule has 3 aromatic heterocycles. The molecule has 33 heavy (non-hydrogen) atoms. The second kappa shape index (κ2) is 7.54. The number of nitrogens with zero attached hydrogens (tertiary/aromatic N) is 6. The number of aliphatic imine (C=N–C) groups is 1. The standard InChI is InChI=1S/C25H18Cl2N6/c1-14-13-32-24-10-19(27)18(26)9-21(24)31-20(11-25(32)29-14)16-3-5-17(6-4-16)33-15(2)30-22-12-28-8-7-23(22)33/h3-10,12-13H,11H2,1-2H3. The molecule has 0 saturated carbocycles. The molecular weight excluding hydrogens is 455 g/mol. The Morgan fingerprint density at radius 1 is 0.939 bits per heavy atom. The number of halogens is 2. The van der Waals surface area contributed by atoms with Crippen LogP contribution in [0.3, 0.4) is 0 Å². The van der Waals surface area contributed by atoms with Crippen LogP contribution >= 0.6 is 23.2 Å². The molecule has 8 heteroatoms. The highest BCUT2D eigenvalue weighted by Crippen LogP contribution is 2.36. The second-order valence-electron chi connectivity index (χ2n) is 8.06. The van der Waals surface area contributed by atoms with Crippen LogP contribution in [0.2, 0.25) is 10.0 Å². The van der Waals surface area contributed by atoms with Gasteiger partial charge in [0.05, 0.1) is 44.5 Å². The zero-order chi connectivity index (χ0) is 22.7. The van der Waals surface area contributed by atoms with E-state index in [1.165, 1.54) is 0 Å². The molecule has 162 valence electrons. The number of fused-ring (bicyclic) bond motifs is 4. The lowest BCUT2D eigenvalue weighted by molar-refractivity contribution is 0.954. The summed E-state index contributed by atoms with van der Waals surface area (Å²) in [5, 5.41) is 0.972. The highest BCUT2D eigenvalue weighted by atomic mass is 35.5. The average molecular weight is 473 g/mol. The number of hydrogen-bond donors (Lipinski definition) is 0. The van der Waals surface area contributed by atoms with E-state index in [1.54, 1.807) is 12.4 Å². The number of aromatic nitrogens is 5. The van der Waals surface area contributed by atoms with E-state index in [0.29, 0.717) is 16.5 Å². The molecule has 0 unspecified atom stereocenters. The predicted octanol–water partition coefficient (Wildman–Crippen LogP) is 6.21. The largest absolute Gasteiger partial charge is 0.301 e. The van der Waals surface area contributed by atoms with Crippen LogP contribution in [0.5, 0.6) is 0 Å². The molecule has 0 spiro atoms. The Hall–Kier alpha value is -3.48. The molecule has 0 atom stereocenters. The first-order chi connectivity index (χ1) is 16.0. The van der Waals surface area contributed by atoms with E-state index in [0.717, 1.165) is 56.7 Å². The van der Waals surface area contributed by atoms with E-state index in [9.17, 15) is 0 Å². The third-order valence-electron chi connectivity index (χ3n) is 5.84. The van der Waals surface area contributed by atoms with Crippen molar-refractivity contribution in [1.82, 2.24) is 24.1 Å². The molecule has 0 radical (unpaired) electrons. The first-order valence-electron chi connectivity index (χ1n) is 10.5. The molecule has 0 fully saturated rings. The van der Waals surface area contributed by atoms with Crippen LogP contribution in [-0.4, -0.2) is 29.8 Å². The fourth-order valence-corrected chi connectivity index (χ4v) is 4.69. The molecule has 1 aliphatic heterocycles. The van der Waals surface area contributed by atoms with E-state index in [2.05, 4.69) is 38.8 Å². The van der Waals surface area contributed by atoms with Crippen LogP contribution in [0, 0.1) is 13.8 Å². The Morgan fingerprint density at radius 3 is 2.55 bits per heavy atom. The average Bonchev–Trinajstić information content (AvgIpc) is 3.29. The third-order valence-corrected chi connectivity index (χ3v) is 6.56. The summed E-state index contributed by atoms with van der Waals surface area (Å²) in [5.74, 6) is 1.83. The summed E-state index contributed by atoms with van der Waals surface area (Å²) in [6, 6.07) is 14.0. The maximum absolute atomic E-state index is 6.33. The van der Waals surface area contributed by atoms with Crippen molar-refractivity contribution in [2.24, 2.45) is 4.99 Å². The molecule has 0 bridgehead atoms. The van der Waals surface area contributed by atoms with Gasteiger partial charge in [-0.15, -0.1) is 0 Å². The van der Waals surface area contributed by atoms with Gasteiger partial charge in [0.2, 0.25) is 0 Å². The van der Waals surface area contributed by atoms with Gasteiger partial charge in [0.1, 0.15) is 17.2 Å². The first-order valence-corrected chi connectivity index (χ1v) is 11.3. The first kappa shape index (κ1) is 20.1. The van der Waals surface area contributed by atoms with E-state index < -0.39 is 0 Å². The molecule has 6 nitrogen and oxygen atoms in total.